The maximum Gasteiger partial charge on any atom is 0.258 e. The van der Waals surface area contributed by atoms with E-state index in [1.54, 1.807) is 23.1 Å². The summed E-state index contributed by atoms with van der Waals surface area (Å²) in [6.07, 6.45) is 0.318. The fraction of sp³-hybridized carbons (Fsp3) is 0.211. The number of amides is 1. The molecule has 0 atom stereocenters. The Hall–Kier alpha value is -2.66. The molecule has 1 amide bonds. The second-order valence-corrected chi connectivity index (χ2v) is 6.18. The van der Waals surface area contributed by atoms with Crippen LogP contribution in [0.15, 0.2) is 53.3 Å². The highest BCUT2D eigenvalue weighted by atomic mass is 35.5. The molecule has 0 radical (unpaired) electrons. The van der Waals surface area contributed by atoms with E-state index in [0.717, 1.165) is 5.56 Å². The van der Waals surface area contributed by atoms with Crippen molar-refractivity contribution in [3.63, 3.8) is 0 Å². The van der Waals surface area contributed by atoms with E-state index in [4.69, 9.17) is 11.6 Å². The van der Waals surface area contributed by atoms with Gasteiger partial charge in [-0.3, -0.25) is 9.59 Å². The van der Waals surface area contributed by atoms with Crippen LogP contribution in [0.2, 0.25) is 5.02 Å². The van der Waals surface area contributed by atoms with Crippen LogP contribution in [0.1, 0.15) is 18.3 Å². The van der Waals surface area contributed by atoms with Crippen LogP contribution in [0.4, 0.5) is 0 Å². The third-order valence-corrected chi connectivity index (χ3v) is 4.23. The molecule has 0 aliphatic carbocycles. The molecule has 1 N–H and O–H groups in total. The van der Waals surface area contributed by atoms with Crippen molar-refractivity contribution in [1.29, 1.82) is 0 Å². The Morgan fingerprint density at radius 2 is 1.96 bits per heavy atom. The van der Waals surface area contributed by atoms with Crippen LogP contribution in [0.25, 0.3) is 10.9 Å². The molecule has 6 heteroatoms. The van der Waals surface area contributed by atoms with E-state index < -0.39 is 0 Å². The summed E-state index contributed by atoms with van der Waals surface area (Å²) >= 11 is 5.98. The van der Waals surface area contributed by atoms with Gasteiger partial charge in [0.1, 0.15) is 5.82 Å². The van der Waals surface area contributed by atoms with E-state index in [2.05, 4.69) is 9.97 Å². The number of carbonyl (C=O) groups excluding carboxylic acids is 1. The predicted octanol–water partition coefficient (Wildman–Crippen LogP) is 3.17. The van der Waals surface area contributed by atoms with Gasteiger partial charge in [-0.05, 0) is 30.7 Å². The number of nitrogens with one attached hydrogen (secondary N) is 1. The van der Waals surface area contributed by atoms with Crippen molar-refractivity contribution in [1.82, 2.24) is 14.9 Å². The minimum absolute atomic E-state index is 0.0115. The topological polar surface area (TPSA) is 66.1 Å². The highest BCUT2D eigenvalue weighted by molar-refractivity contribution is 6.31. The number of halogens is 1. The summed E-state index contributed by atoms with van der Waals surface area (Å²) in [6.45, 7) is 2.68. The number of aromatic amines is 1. The summed E-state index contributed by atoms with van der Waals surface area (Å²) in [7, 11) is 0. The Morgan fingerprint density at radius 3 is 2.68 bits per heavy atom. The second-order valence-electron chi connectivity index (χ2n) is 5.74. The number of benzene rings is 2. The Bertz CT molecular complexity index is 954. The molecule has 0 unspecified atom stereocenters. The highest BCUT2D eigenvalue weighted by Crippen LogP contribution is 2.15. The fourth-order valence-corrected chi connectivity index (χ4v) is 2.84. The van der Waals surface area contributed by atoms with E-state index in [-0.39, 0.29) is 18.0 Å². The third-order valence-electron chi connectivity index (χ3n) is 3.99. The lowest BCUT2D eigenvalue weighted by Crippen LogP contribution is -2.33. The SMILES string of the molecule is CCN(Cc1nc2cc(Cl)ccc2c(=O)[nH]1)C(=O)Cc1ccccc1. The molecule has 5 nitrogen and oxygen atoms in total. The van der Waals surface area contributed by atoms with E-state index in [1.807, 2.05) is 37.3 Å². The maximum absolute atomic E-state index is 12.5. The minimum Gasteiger partial charge on any atom is -0.335 e. The molecular weight excluding hydrogens is 338 g/mol. The van der Waals surface area contributed by atoms with Crippen molar-refractivity contribution in [2.45, 2.75) is 19.9 Å². The first kappa shape index (κ1) is 17.2. The van der Waals surface area contributed by atoms with Crippen LogP contribution < -0.4 is 5.56 Å². The number of likely N-dealkylation sites (N-methyl/N-ethyl adjacent to an activating group) is 1. The van der Waals surface area contributed by atoms with Crippen LogP contribution >= 0.6 is 11.6 Å². The Balaban J connectivity index is 1.82. The van der Waals surface area contributed by atoms with Gasteiger partial charge >= 0.3 is 0 Å². The summed E-state index contributed by atoms with van der Waals surface area (Å²) < 4.78 is 0. The predicted molar refractivity (Wildman–Crippen MR) is 98.6 cm³/mol. The van der Waals surface area contributed by atoms with Crippen molar-refractivity contribution in [3.8, 4) is 0 Å². The smallest absolute Gasteiger partial charge is 0.258 e. The number of nitrogens with zero attached hydrogens (tertiary/aromatic N) is 2. The molecule has 3 aromatic rings. The zero-order valence-electron chi connectivity index (χ0n) is 13.8. The van der Waals surface area contributed by atoms with Crippen LogP contribution in [-0.2, 0) is 17.8 Å². The van der Waals surface area contributed by atoms with Crippen molar-refractivity contribution in [2.24, 2.45) is 0 Å². The van der Waals surface area contributed by atoms with Crippen molar-refractivity contribution >= 4 is 28.4 Å². The fourth-order valence-electron chi connectivity index (χ4n) is 2.68. The van der Waals surface area contributed by atoms with Crippen LogP contribution in [0, 0.1) is 0 Å². The largest absolute Gasteiger partial charge is 0.335 e. The van der Waals surface area contributed by atoms with Gasteiger partial charge in [0, 0.05) is 11.6 Å². The molecule has 1 aromatic heterocycles. The maximum atomic E-state index is 12.5. The third kappa shape index (κ3) is 4.06. The second kappa shape index (κ2) is 7.49. The molecule has 0 aliphatic rings. The van der Waals surface area contributed by atoms with Crippen molar-refractivity contribution in [2.75, 3.05) is 6.54 Å². The molecule has 2 aromatic carbocycles. The lowest BCUT2D eigenvalue weighted by Gasteiger charge is -2.20. The number of H-pyrrole nitrogens is 1. The average molecular weight is 356 g/mol. The minimum atomic E-state index is -0.233. The number of fused-ring (bicyclic) bond motifs is 1. The summed E-state index contributed by atoms with van der Waals surface area (Å²) in [5.41, 5.74) is 1.25. The van der Waals surface area contributed by atoms with Gasteiger partial charge in [0.25, 0.3) is 5.56 Å². The van der Waals surface area contributed by atoms with Crippen molar-refractivity contribution in [3.05, 3.63) is 75.3 Å². The van der Waals surface area contributed by atoms with E-state index in [1.165, 1.54) is 0 Å². The average Bonchev–Trinajstić information content (AvgIpc) is 2.60. The van der Waals surface area contributed by atoms with Gasteiger partial charge in [-0.25, -0.2) is 4.98 Å². The first-order valence-corrected chi connectivity index (χ1v) is 8.44. The summed E-state index contributed by atoms with van der Waals surface area (Å²) in [4.78, 5) is 33.6. The zero-order valence-corrected chi connectivity index (χ0v) is 14.6. The van der Waals surface area contributed by atoms with Crippen LogP contribution in [0.5, 0.6) is 0 Å². The highest BCUT2D eigenvalue weighted by Gasteiger charge is 2.15. The van der Waals surface area contributed by atoms with Crippen LogP contribution in [-0.4, -0.2) is 27.3 Å². The van der Waals surface area contributed by atoms with Gasteiger partial charge in [0.15, 0.2) is 0 Å². The molecular formula is C19H18ClN3O2. The normalized spacial score (nSPS) is 10.8. The van der Waals surface area contributed by atoms with Gasteiger partial charge in [-0.1, -0.05) is 41.9 Å². The molecule has 128 valence electrons. The molecule has 0 fully saturated rings. The summed E-state index contributed by atoms with van der Waals surface area (Å²) in [6, 6.07) is 14.5. The number of rotatable bonds is 5. The van der Waals surface area contributed by atoms with Gasteiger partial charge in [0.2, 0.25) is 5.91 Å². The molecule has 25 heavy (non-hydrogen) atoms. The van der Waals surface area contributed by atoms with Gasteiger partial charge < -0.3 is 9.88 Å². The molecule has 0 saturated heterocycles. The van der Waals surface area contributed by atoms with Gasteiger partial charge in [0.05, 0.1) is 23.9 Å². The van der Waals surface area contributed by atoms with Crippen molar-refractivity contribution < 1.29 is 4.79 Å². The van der Waals surface area contributed by atoms with E-state index >= 15 is 0 Å². The number of hydrogen-bond donors (Lipinski definition) is 1. The molecule has 0 spiro atoms. The first-order chi connectivity index (χ1) is 12.1. The number of carbonyl (C=O) groups is 1. The molecule has 1 heterocycles. The first-order valence-electron chi connectivity index (χ1n) is 8.07. The Labute approximate surface area is 150 Å². The van der Waals surface area contributed by atoms with E-state index in [9.17, 15) is 9.59 Å². The lowest BCUT2D eigenvalue weighted by atomic mass is 10.1. The van der Waals surface area contributed by atoms with E-state index in [0.29, 0.717) is 34.7 Å². The zero-order chi connectivity index (χ0) is 17.8. The molecule has 3 rings (SSSR count). The quantitative estimate of drug-likeness (QED) is 0.764. The molecule has 0 aliphatic heterocycles. The Kier molecular flexibility index (Phi) is 5.14. The summed E-state index contributed by atoms with van der Waals surface area (Å²) in [5.74, 6) is 0.436. The van der Waals surface area contributed by atoms with Gasteiger partial charge in [-0.15, -0.1) is 0 Å². The monoisotopic (exact) mass is 355 g/mol. The Morgan fingerprint density at radius 1 is 1.20 bits per heavy atom. The molecule has 0 saturated carbocycles. The number of hydrogen-bond acceptors (Lipinski definition) is 3. The lowest BCUT2D eigenvalue weighted by molar-refractivity contribution is -0.131. The van der Waals surface area contributed by atoms with Crippen LogP contribution in [0.3, 0.4) is 0 Å². The summed E-state index contributed by atoms with van der Waals surface area (Å²) in [5, 5.41) is 0.996. The number of aromatic nitrogens is 2. The standard InChI is InChI=1S/C19H18ClN3O2/c1-2-23(18(24)10-13-6-4-3-5-7-13)12-17-21-16-11-14(20)8-9-15(16)19(25)22-17/h3-9,11H,2,10,12H2,1H3,(H,21,22,25). The van der Waals surface area contributed by atoms with Gasteiger partial charge in [-0.2, -0.15) is 0 Å². The molecule has 0 bridgehead atoms.